The SMILES string of the molecule is CCCCN(CCOC)C(=O)c1ccc2c(c1)OCCO2. The molecule has 0 fully saturated rings. The first-order chi connectivity index (χ1) is 10.3. The van der Waals surface area contributed by atoms with E-state index in [0.29, 0.717) is 43.4 Å². The van der Waals surface area contributed by atoms with Crippen LogP contribution in [-0.2, 0) is 4.74 Å². The highest BCUT2D eigenvalue weighted by Gasteiger charge is 2.19. The number of hydrogen-bond donors (Lipinski definition) is 0. The summed E-state index contributed by atoms with van der Waals surface area (Å²) in [4.78, 5) is 14.4. The molecular formula is C16H23NO4. The molecule has 1 heterocycles. The normalized spacial score (nSPS) is 13.0. The standard InChI is InChI=1S/C16H23NO4/c1-3-4-7-17(8-9-19-2)16(18)13-5-6-14-15(12-13)21-11-10-20-14/h5-6,12H,3-4,7-11H2,1-2H3. The van der Waals surface area contributed by atoms with Crippen molar-refractivity contribution in [1.29, 1.82) is 0 Å². The van der Waals surface area contributed by atoms with Crippen molar-refractivity contribution in [3.63, 3.8) is 0 Å². The average molecular weight is 293 g/mol. The summed E-state index contributed by atoms with van der Waals surface area (Å²) in [5.74, 6) is 1.36. The van der Waals surface area contributed by atoms with E-state index in [-0.39, 0.29) is 5.91 Å². The van der Waals surface area contributed by atoms with Gasteiger partial charge in [-0.05, 0) is 24.6 Å². The molecule has 5 heteroatoms. The fraction of sp³-hybridized carbons (Fsp3) is 0.562. The van der Waals surface area contributed by atoms with Gasteiger partial charge in [-0.1, -0.05) is 13.3 Å². The predicted molar refractivity (Wildman–Crippen MR) is 80.1 cm³/mol. The van der Waals surface area contributed by atoms with Crippen LogP contribution in [0.1, 0.15) is 30.1 Å². The fourth-order valence-electron chi connectivity index (χ4n) is 2.22. The van der Waals surface area contributed by atoms with Gasteiger partial charge in [0.2, 0.25) is 0 Å². The third-order valence-corrected chi connectivity index (χ3v) is 3.42. The zero-order valence-electron chi connectivity index (χ0n) is 12.8. The topological polar surface area (TPSA) is 48.0 Å². The van der Waals surface area contributed by atoms with E-state index in [2.05, 4.69) is 6.92 Å². The molecule has 1 aliphatic heterocycles. The first-order valence-electron chi connectivity index (χ1n) is 7.44. The van der Waals surface area contributed by atoms with Crippen LogP contribution in [0.5, 0.6) is 11.5 Å². The highest BCUT2D eigenvalue weighted by molar-refractivity contribution is 5.95. The average Bonchev–Trinajstić information content (AvgIpc) is 2.54. The van der Waals surface area contributed by atoms with Crippen molar-refractivity contribution in [3.05, 3.63) is 23.8 Å². The molecule has 0 aromatic heterocycles. The Morgan fingerprint density at radius 1 is 1.24 bits per heavy atom. The maximum atomic E-state index is 12.6. The van der Waals surface area contributed by atoms with Gasteiger partial charge in [0.25, 0.3) is 5.91 Å². The van der Waals surface area contributed by atoms with Crippen molar-refractivity contribution in [1.82, 2.24) is 4.90 Å². The number of amides is 1. The lowest BCUT2D eigenvalue weighted by atomic mass is 10.1. The molecule has 0 aliphatic carbocycles. The number of hydrogen-bond acceptors (Lipinski definition) is 4. The van der Waals surface area contributed by atoms with E-state index in [1.54, 1.807) is 25.3 Å². The smallest absolute Gasteiger partial charge is 0.254 e. The van der Waals surface area contributed by atoms with Crippen LogP contribution in [-0.4, -0.2) is 50.8 Å². The van der Waals surface area contributed by atoms with Gasteiger partial charge in [0.15, 0.2) is 11.5 Å². The Morgan fingerprint density at radius 3 is 2.71 bits per heavy atom. The first kappa shape index (κ1) is 15.6. The largest absolute Gasteiger partial charge is 0.486 e. The molecule has 2 rings (SSSR count). The van der Waals surface area contributed by atoms with Gasteiger partial charge in [0.1, 0.15) is 13.2 Å². The Morgan fingerprint density at radius 2 is 2.00 bits per heavy atom. The molecule has 5 nitrogen and oxygen atoms in total. The first-order valence-corrected chi connectivity index (χ1v) is 7.44. The van der Waals surface area contributed by atoms with Gasteiger partial charge in [-0.3, -0.25) is 4.79 Å². The van der Waals surface area contributed by atoms with Crippen molar-refractivity contribution in [2.24, 2.45) is 0 Å². The summed E-state index contributed by atoms with van der Waals surface area (Å²) < 4.78 is 16.1. The third-order valence-electron chi connectivity index (χ3n) is 3.42. The molecule has 0 unspecified atom stereocenters. The minimum absolute atomic E-state index is 0.0115. The number of carbonyl (C=O) groups excluding carboxylic acids is 1. The molecule has 0 radical (unpaired) electrons. The summed E-state index contributed by atoms with van der Waals surface area (Å²) in [6.45, 7) is 5.07. The van der Waals surface area contributed by atoms with E-state index in [1.165, 1.54) is 0 Å². The molecule has 0 atom stereocenters. The summed E-state index contributed by atoms with van der Waals surface area (Å²) in [5, 5.41) is 0. The van der Waals surface area contributed by atoms with Gasteiger partial charge in [0.05, 0.1) is 6.61 Å². The summed E-state index contributed by atoms with van der Waals surface area (Å²) in [5.41, 5.74) is 0.631. The van der Waals surface area contributed by atoms with E-state index in [9.17, 15) is 4.79 Å². The minimum Gasteiger partial charge on any atom is -0.486 e. The maximum Gasteiger partial charge on any atom is 0.254 e. The number of unbranched alkanes of at least 4 members (excludes halogenated alkanes) is 1. The van der Waals surface area contributed by atoms with Crippen LogP contribution in [0.4, 0.5) is 0 Å². The summed E-state index contributed by atoms with van der Waals surface area (Å²) in [6.07, 6.45) is 2.04. The number of methoxy groups -OCH3 is 1. The van der Waals surface area contributed by atoms with Crippen molar-refractivity contribution in [3.8, 4) is 11.5 Å². The second-order valence-corrected chi connectivity index (χ2v) is 5.00. The Kier molecular flexibility index (Phi) is 5.87. The molecule has 0 bridgehead atoms. The molecule has 1 aromatic carbocycles. The molecule has 0 saturated heterocycles. The summed E-state index contributed by atoms with van der Waals surface area (Å²) in [6, 6.07) is 5.36. The lowest BCUT2D eigenvalue weighted by Gasteiger charge is -2.24. The highest BCUT2D eigenvalue weighted by atomic mass is 16.6. The van der Waals surface area contributed by atoms with E-state index in [1.807, 2.05) is 4.90 Å². The highest BCUT2D eigenvalue weighted by Crippen LogP contribution is 2.31. The second-order valence-electron chi connectivity index (χ2n) is 5.00. The van der Waals surface area contributed by atoms with Gasteiger partial charge in [-0.25, -0.2) is 0 Å². The molecule has 0 N–H and O–H groups in total. The van der Waals surface area contributed by atoms with Gasteiger partial charge >= 0.3 is 0 Å². The number of nitrogens with zero attached hydrogens (tertiary/aromatic N) is 1. The Labute approximate surface area is 125 Å². The summed E-state index contributed by atoms with van der Waals surface area (Å²) >= 11 is 0. The lowest BCUT2D eigenvalue weighted by Crippen LogP contribution is -2.34. The quantitative estimate of drug-likeness (QED) is 0.774. The van der Waals surface area contributed by atoms with E-state index in [0.717, 1.165) is 19.4 Å². The number of ether oxygens (including phenoxy) is 3. The number of rotatable bonds is 7. The van der Waals surface area contributed by atoms with Crippen LogP contribution in [0.3, 0.4) is 0 Å². The van der Waals surface area contributed by atoms with E-state index >= 15 is 0 Å². The molecule has 1 amide bonds. The molecule has 1 aliphatic rings. The van der Waals surface area contributed by atoms with Crippen LogP contribution >= 0.6 is 0 Å². The fourth-order valence-corrected chi connectivity index (χ4v) is 2.22. The van der Waals surface area contributed by atoms with Gasteiger partial charge in [-0.15, -0.1) is 0 Å². The van der Waals surface area contributed by atoms with Crippen LogP contribution in [0.25, 0.3) is 0 Å². The van der Waals surface area contributed by atoms with E-state index < -0.39 is 0 Å². The second kappa shape index (κ2) is 7.88. The Hall–Kier alpha value is -1.75. The van der Waals surface area contributed by atoms with Gasteiger partial charge in [0, 0.05) is 25.8 Å². The van der Waals surface area contributed by atoms with Crippen LogP contribution in [0.2, 0.25) is 0 Å². The van der Waals surface area contributed by atoms with Crippen LogP contribution < -0.4 is 9.47 Å². The van der Waals surface area contributed by atoms with Gasteiger partial charge < -0.3 is 19.1 Å². The molecule has 1 aromatic rings. The molecular weight excluding hydrogens is 270 g/mol. The summed E-state index contributed by atoms with van der Waals surface area (Å²) in [7, 11) is 1.65. The van der Waals surface area contributed by atoms with Gasteiger partial charge in [-0.2, -0.15) is 0 Å². The van der Waals surface area contributed by atoms with Crippen molar-refractivity contribution >= 4 is 5.91 Å². The minimum atomic E-state index is 0.0115. The molecule has 0 spiro atoms. The molecule has 116 valence electrons. The van der Waals surface area contributed by atoms with Crippen LogP contribution in [0.15, 0.2) is 18.2 Å². The zero-order valence-corrected chi connectivity index (χ0v) is 12.8. The lowest BCUT2D eigenvalue weighted by molar-refractivity contribution is 0.0692. The van der Waals surface area contributed by atoms with Crippen molar-refractivity contribution < 1.29 is 19.0 Å². The Bertz CT molecular complexity index is 467. The maximum absolute atomic E-state index is 12.6. The van der Waals surface area contributed by atoms with Crippen LogP contribution in [0, 0.1) is 0 Å². The Balaban J connectivity index is 2.11. The third kappa shape index (κ3) is 4.11. The van der Waals surface area contributed by atoms with E-state index in [4.69, 9.17) is 14.2 Å². The van der Waals surface area contributed by atoms with Crippen molar-refractivity contribution in [2.75, 3.05) is 40.0 Å². The number of carbonyl (C=O) groups is 1. The zero-order chi connectivity index (χ0) is 15.1. The number of fused-ring (bicyclic) bond motifs is 1. The van der Waals surface area contributed by atoms with Crippen molar-refractivity contribution in [2.45, 2.75) is 19.8 Å². The monoisotopic (exact) mass is 293 g/mol. The predicted octanol–water partition coefficient (Wildman–Crippen LogP) is 2.35. The molecule has 21 heavy (non-hydrogen) atoms. The molecule has 0 saturated carbocycles. The number of benzene rings is 1.